The van der Waals surface area contributed by atoms with E-state index in [1.807, 2.05) is 0 Å². The van der Waals surface area contributed by atoms with Crippen molar-refractivity contribution in [2.75, 3.05) is 13.1 Å². The van der Waals surface area contributed by atoms with E-state index >= 15 is 0 Å². The number of fused-ring (bicyclic) bond motifs is 2. The first kappa shape index (κ1) is 53.1. The molecule has 10 heteroatoms. The molecule has 0 aliphatic heterocycles. The van der Waals surface area contributed by atoms with Crippen molar-refractivity contribution in [1.82, 2.24) is 40.4 Å². The topological polar surface area (TPSA) is 83.8 Å². The molecule has 400 valence electrons. The third-order valence-electron chi connectivity index (χ3n) is 17.3. The van der Waals surface area contributed by atoms with Gasteiger partial charge in [-0.05, 0) is 134 Å². The number of aromatic nitrogens is 4. The van der Waals surface area contributed by atoms with Crippen molar-refractivity contribution in [2.24, 2.45) is 11.8 Å². The van der Waals surface area contributed by atoms with E-state index in [4.69, 9.17) is 34.4 Å². The number of thiocarbonyl (C=S) groups is 2. The zero-order chi connectivity index (χ0) is 53.0. The zero-order valence-corrected chi connectivity index (χ0v) is 46.8. The average molecular weight is 1070 g/mol. The Labute approximate surface area is 473 Å². The van der Waals surface area contributed by atoms with Gasteiger partial charge in [0.15, 0.2) is 10.2 Å². The summed E-state index contributed by atoms with van der Waals surface area (Å²) < 4.78 is 4.92. The van der Waals surface area contributed by atoms with Crippen molar-refractivity contribution in [3.05, 3.63) is 251 Å². The normalized spacial score (nSPS) is 17.8. The molecule has 0 radical (unpaired) electrons. The highest BCUT2D eigenvalue weighted by molar-refractivity contribution is 7.80. The second-order valence-electron chi connectivity index (χ2n) is 22.2. The summed E-state index contributed by atoms with van der Waals surface area (Å²) in [6.07, 6.45) is 23.2. The van der Waals surface area contributed by atoms with Gasteiger partial charge in [-0.15, -0.1) is 0 Å². The minimum Gasteiger partial charge on any atom is -0.362 e. The van der Waals surface area contributed by atoms with E-state index in [9.17, 15) is 0 Å². The van der Waals surface area contributed by atoms with E-state index in [2.05, 4.69) is 225 Å². The molecule has 12 rings (SSSR count). The molecule has 8 aromatic rings. The summed E-state index contributed by atoms with van der Waals surface area (Å²) in [6, 6.07) is 66.4. The number of nitrogens with one attached hydrogen (secondary N) is 4. The molecule has 2 atom stereocenters. The summed E-state index contributed by atoms with van der Waals surface area (Å²) in [5.41, 5.74) is 11.5. The summed E-state index contributed by atoms with van der Waals surface area (Å²) in [7, 11) is 0. The lowest BCUT2D eigenvalue weighted by Gasteiger charge is -2.39. The molecule has 4 aliphatic rings. The van der Waals surface area contributed by atoms with E-state index in [0.717, 1.165) is 61.8 Å². The molecule has 78 heavy (non-hydrogen) atoms. The standard InChI is InChI=1S/2C34H38N4S/c39-33(37-30-19-11-4-12-20-30)35-24-26-21-22-32-31(23-26)36-25-38(32)34(27-13-5-1-6-14-27,28-15-7-2-8-16-28)29-17-9-3-10-18-29;39-33(37-30-19-11-4-12-20-30)35-24-26-21-22-31-32(23-26)38(25-36-31)34(27-13-5-1-6-14-27,28-15-7-2-8-16-28)29-17-9-3-10-18-29/h2*1-3,5-10,13-18,25-26,30H,4,11-12,19-24H2,(H2,35,37,39). The molecule has 2 heterocycles. The van der Waals surface area contributed by atoms with E-state index in [0.29, 0.717) is 23.9 Å². The molecule has 2 fully saturated rings. The lowest BCUT2D eigenvalue weighted by Crippen LogP contribution is -2.45. The van der Waals surface area contributed by atoms with Gasteiger partial charge in [-0.25, -0.2) is 9.97 Å². The SMILES string of the molecule is S=C(NCC1CCc2c(ncn2C(c2ccccc2)(c2ccccc2)c2ccccc2)C1)NC1CCCCC1.S=C(NCC1CCc2ncn(C(c3ccccc3)(c3ccccc3)c3ccccc3)c2C1)NC1CCCCC1. The molecule has 4 aliphatic carbocycles. The maximum atomic E-state index is 5.70. The first-order chi connectivity index (χ1) is 38.5. The van der Waals surface area contributed by atoms with Crippen LogP contribution in [0.25, 0.3) is 0 Å². The van der Waals surface area contributed by atoms with Crippen LogP contribution in [0.2, 0.25) is 0 Å². The number of rotatable bonds is 14. The van der Waals surface area contributed by atoms with E-state index in [1.165, 1.54) is 120 Å². The highest BCUT2D eigenvalue weighted by Gasteiger charge is 2.43. The highest BCUT2D eigenvalue weighted by atomic mass is 32.1. The van der Waals surface area contributed by atoms with Gasteiger partial charge in [0, 0.05) is 36.6 Å². The highest BCUT2D eigenvalue weighted by Crippen LogP contribution is 2.45. The monoisotopic (exact) mass is 1070 g/mol. The Morgan fingerprint density at radius 1 is 0.397 bits per heavy atom. The van der Waals surface area contributed by atoms with Gasteiger partial charge in [0.05, 0.1) is 24.0 Å². The second-order valence-corrected chi connectivity index (χ2v) is 23.0. The van der Waals surface area contributed by atoms with Crippen molar-refractivity contribution >= 4 is 34.7 Å². The summed E-state index contributed by atoms with van der Waals surface area (Å²) >= 11 is 11.4. The van der Waals surface area contributed by atoms with Crippen LogP contribution in [0.1, 0.15) is 133 Å². The molecule has 2 aromatic heterocycles. The Kier molecular flexibility index (Phi) is 17.2. The number of hydrogen-bond donors (Lipinski definition) is 4. The Bertz CT molecular complexity index is 2960. The van der Waals surface area contributed by atoms with Crippen LogP contribution in [0.3, 0.4) is 0 Å². The maximum Gasteiger partial charge on any atom is 0.166 e. The minimum absolute atomic E-state index is 0.499. The van der Waals surface area contributed by atoms with Crippen molar-refractivity contribution in [3.8, 4) is 0 Å². The van der Waals surface area contributed by atoms with E-state index in [-0.39, 0.29) is 0 Å². The predicted molar refractivity (Wildman–Crippen MR) is 326 cm³/mol. The number of imidazole rings is 2. The number of nitrogens with zero attached hydrogens (tertiary/aromatic N) is 4. The van der Waals surface area contributed by atoms with Gasteiger partial charge in [-0.3, -0.25) is 0 Å². The summed E-state index contributed by atoms with van der Waals surface area (Å²) in [6.45, 7) is 1.78. The van der Waals surface area contributed by atoms with Gasteiger partial charge in [0.1, 0.15) is 11.1 Å². The van der Waals surface area contributed by atoms with Gasteiger partial charge < -0.3 is 30.4 Å². The lowest BCUT2D eigenvalue weighted by atomic mass is 9.76. The Balaban J connectivity index is 0.000000165. The number of hydrogen-bond acceptors (Lipinski definition) is 4. The molecular formula is C68H76N8S2. The van der Waals surface area contributed by atoms with Crippen LogP contribution in [-0.2, 0) is 36.8 Å². The van der Waals surface area contributed by atoms with Crippen molar-refractivity contribution < 1.29 is 0 Å². The fraction of sp³-hybridized carbons (Fsp3) is 0.353. The maximum absolute atomic E-state index is 5.70. The molecule has 8 nitrogen and oxygen atoms in total. The third kappa shape index (κ3) is 11.5. The van der Waals surface area contributed by atoms with Crippen molar-refractivity contribution in [2.45, 2.75) is 126 Å². The fourth-order valence-corrected chi connectivity index (χ4v) is 13.9. The Morgan fingerprint density at radius 3 is 1.12 bits per heavy atom. The lowest BCUT2D eigenvalue weighted by molar-refractivity contribution is 0.399. The van der Waals surface area contributed by atoms with Gasteiger partial charge in [0.25, 0.3) is 0 Å². The van der Waals surface area contributed by atoms with E-state index in [1.54, 1.807) is 0 Å². The zero-order valence-electron chi connectivity index (χ0n) is 45.1. The minimum atomic E-state index is -0.516. The van der Waals surface area contributed by atoms with E-state index < -0.39 is 11.1 Å². The third-order valence-corrected chi connectivity index (χ3v) is 17.8. The van der Waals surface area contributed by atoms with Gasteiger partial charge in [0.2, 0.25) is 0 Å². The van der Waals surface area contributed by atoms with Gasteiger partial charge in [-0.1, -0.05) is 221 Å². The predicted octanol–water partition coefficient (Wildman–Crippen LogP) is 13.2. The van der Waals surface area contributed by atoms with Gasteiger partial charge >= 0.3 is 0 Å². The molecule has 4 N–H and O–H groups in total. The quantitative estimate of drug-likeness (QED) is 0.0633. The van der Waals surface area contributed by atoms with Crippen LogP contribution >= 0.6 is 24.4 Å². The second kappa shape index (κ2) is 25.3. The van der Waals surface area contributed by atoms with Crippen LogP contribution in [-0.4, -0.2) is 54.5 Å². The molecule has 0 amide bonds. The van der Waals surface area contributed by atoms with Crippen LogP contribution in [0.5, 0.6) is 0 Å². The number of benzene rings is 6. The molecule has 0 spiro atoms. The molecule has 6 aromatic carbocycles. The molecule has 2 saturated carbocycles. The largest absolute Gasteiger partial charge is 0.362 e. The molecular weight excluding hydrogens is 993 g/mol. The molecule has 0 bridgehead atoms. The summed E-state index contributed by atoms with van der Waals surface area (Å²) in [5, 5.41) is 15.9. The molecule has 0 saturated heterocycles. The first-order valence-electron chi connectivity index (χ1n) is 29.0. The van der Waals surface area contributed by atoms with Crippen LogP contribution in [0, 0.1) is 11.8 Å². The van der Waals surface area contributed by atoms with Crippen molar-refractivity contribution in [3.63, 3.8) is 0 Å². The van der Waals surface area contributed by atoms with Crippen molar-refractivity contribution in [1.29, 1.82) is 0 Å². The first-order valence-corrected chi connectivity index (χ1v) is 29.8. The molecule has 2 unspecified atom stereocenters. The van der Waals surface area contributed by atoms with Crippen LogP contribution < -0.4 is 21.3 Å². The van der Waals surface area contributed by atoms with Crippen LogP contribution in [0.15, 0.2) is 195 Å². The van der Waals surface area contributed by atoms with Crippen LogP contribution in [0.4, 0.5) is 0 Å². The average Bonchev–Trinajstić information content (AvgIpc) is 4.25. The smallest absolute Gasteiger partial charge is 0.166 e. The summed E-state index contributed by atoms with van der Waals surface area (Å²) in [4.78, 5) is 10.1. The Hall–Kier alpha value is -6.88. The van der Waals surface area contributed by atoms with Gasteiger partial charge in [-0.2, -0.15) is 0 Å². The fourth-order valence-electron chi connectivity index (χ4n) is 13.4. The number of aryl methyl sites for hydroxylation is 1. The Morgan fingerprint density at radius 2 is 0.731 bits per heavy atom. The summed E-state index contributed by atoms with van der Waals surface area (Å²) in [5.74, 6) is 1.02.